The van der Waals surface area contributed by atoms with Gasteiger partial charge in [0.15, 0.2) is 0 Å². The third-order valence-electron chi connectivity index (χ3n) is 1.72. The molecule has 2 heteroatoms. The fourth-order valence-electron chi connectivity index (χ4n) is 1.09. The van der Waals surface area contributed by atoms with E-state index < -0.39 is 0 Å². The standard InChI is InChI=1S/C10H14O.Mg.2H/c11-9-5-4-8-10-6-2-1-3-7-10;;;/h1-3,6-7,11H,4-5,8-9H2;;;. The summed E-state index contributed by atoms with van der Waals surface area (Å²) in [6.45, 7) is 0.312. The van der Waals surface area contributed by atoms with Crippen molar-refractivity contribution < 1.29 is 5.11 Å². The Morgan fingerprint density at radius 3 is 2.25 bits per heavy atom. The van der Waals surface area contributed by atoms with E-state index in [1.165, 1.54) is 5.56 Å². The normalized spacial score (nSPS) is 9.08. The van der Waals surface area contributed by atoms with Gasteiger partial charge in [-0.25, -0.2) is 0 Å². The number of benzene rings is 1. The van der Waals surface area contributed by atoms with Gasteiger partial charge in [-0.1, -0.05) is 30.3 Å². The minimum atomic E-state index is 0. The van der Waals surface area contributed by atoms with E-state index in [0.717, 1.165) is 19.3 Å². The summed E-state index contributed by atoms with van der Waals surface area (Å²) in [5.41, 5.74) is 1.36. The maximum atomic E-state index is 8.54. The molecule has 1 N–H and O–H groups in total. The summed E-state index contributed by atoms with van der Waals surface area (Å²) in [5.74, 6) is 0. The van der Waals surface area contributed by atoms with Gasteiger partial charge >= 0.3 is 23.1 Å². The first-order valence-electron chi connectivity index (χ1n) is 4.08. The van der Waals surface area contributed by atoms with Crippen LogP contribution in [0.5, 0.6) is 0 Å². The molecule has 0 aliphatic carbocycles. The molecule has 0 aliphatic heterocycles. The molecule has 12 heavy (non-hydrogen) atoms. The summed E-state index contributed by atoms with van der Waals surface area (Å²) in [4.78, 5) is 0. The summed E-state index contributed by atoms with van der Waals surface area (Å²) >= 11 is 0. The van der Waals surface area contributed by atoms with Crippen LogP contribution in [0.15, 0.2) is 30.3 Å². The van der Waals surface area contributed by atoms with Gasteiger partial charge in [0.2, 0.25) is 0 Å². The second kappa shape index (κ2) is 7.59. The van der Waals surface area contributed by atoms with Crippen LogP contribution in [0.1, 0.15) is 18.4 Å². The molecule has 1 aromatic carbocycles. The van der Waals surface area contributed by atoms with Crippen LogP contribution in [0.3, 0.4) is 0 Å². The van der Waals surface area contributed by atoms with E-state index in [1.807, 2.05) is 18.2 Å². The fraction of sp³-hybridized carbons (Fsp3) is 0.400. The Morgan fingerprint density at radius 1 is 1.00 bits per heavy atom. The molecule has 0 saturated heterocycles. The number of aryl methyl sites for hydroxylation is 1. The molecular weight excluding hydrogens is 160 g/mol. The molecule has 0 amide bonds. The van der Waals surface area contributed by atoms with Gasteiger partial charge in [0.25, 0.3) is 0 Å². The second-order valence-corrected chi connectivity index (χ2v) is 2.67. The zero-order chi connectivity index (χ0) is 7.94. The van der Waals surface area contributed by atoms with E-state index >= 15 is 0 Å². The minimum absolute atomic E-state index is 0. The Balaban J connectivity index is 0.00000121. The third kappa shape index (κ3) is 4.75. The lowest BCUT2D eigenvalue weighted by Gasteiger charge is -1.97. The molecule has 0 bridgehead atoms. The van der Waals surface area contributed by atoms with Crippen molar-refractivity contribution in [2.75, 3.05) is 6.61 Å². The average Bonchev–Trinajstić information content (AvgIpc) is 2.07. The zero-order valence-corrected chi connectivity index (χ0v) is 6.66. The van der Waals surface area contributed by atoms with Gasteiger partial charge in [0.05, 0.1) is 0 Å². The van der Waals surface area contributed by atoms with Crippen molar-refractivity contribution in [3.63, 3.8) is 0 Å². The number of unbranched alkanes of at least 4 members (excludes halogenated alkanes) is 1. The van der Waals surface area contributed by atoms with Crippen LogP contribution >= 0.6 is 0 Å². The van der Waals surface area contributed by atoms with Gasteiger partial charge in [-0.3, -0.25) is 0 Å². The third-order valence-corrected chi connectivity index (χ3v) is 1.72. The summed E-state index contributed by atoms with van der Waals surface area (Å²) in [6.07, 6.45) is 3.08. The van der Waals surface area contributed by atoms with E-state index in [9.17, 15) is 0 Å². The number of aliphatic hydroxyl groups is 1. The Labute approximate surface area is 90.0 Å². The molecule has 1 aromatic rings. The van der Waals surface area contributed by atoms with Gasteiger partial charge in [-0.05, 0) is 24.8 Å². The number of hydrogen-bond acceptors (Lipinski definition) is 1. The average molecular weight is 177 g/mol. The van der Waals surface area contributed by atoms with Crippen LogP contribution in [0, 0.1) is 0 Å². The number of rotatable bonds is 4. The van der Waals surface area contributed by atoms with Gasteiger partial charge in [-0.2, -0.15) is 0 Å². The molecule has 1 rings (SSSR count). The second-order valence-electron chi connectivity index (χ2n) is 2.67. The van der Waals surface area contributed by atoms with Gasteiger partial charge in [0.1, 0.15) is 0 Å². The lowest BCUT2D eigenvalue weighted by Crippen LogP contribution is -1.87. The molecule has 0 saturated carbocycles. The molecule has 1 nitrogen and oxygen atoms in total. The van der Waals surface area contributed by atoms with Crippen molar-refractivity contribution in [2.45, 2.75) is 19.3 Å². The van der Waals surface area contributed by atoms with Crippen LogP contribution in [-0.2, 0) is 6.42 Å². The first kappa shape index (κ1) is 11.9. The van der Waals surface area contributed by atoms with Crippen molar-refractivity contribution in [3.05, 3.63) is 35.9 Å². The van der Waals surface area contributed by atoms with Crippen LogP contribution in [0.25, 0.3) is 0 Å². The van der Waals surface area contributed by atoms with Gasteiger partial charge in [0, 0.05) is 6.61 Å². The molecule has 0 unspecified atom stereocenters. The summed E-state index contributed by atoms with van der Waals surface area (Å²) in [5, 5.41) is 8.54. The largest absolute Gasteiger partial charge is 0.396 e. The SMILES string of the molecule is OCCCCc1ccccc1.[MgH2]. The van der Waals surface area contributed by atoms with E-state index in [4.69, 9.17) is 5.11 Å². The smallest absolute Gasteiger partial charge is 0.316 e. The van der Waals surface area contributed by atoms with Crippen molar-refractivity contribution in [3.8, 4) is 0 Å². The van der Waals surface area contributed by atoms with Crippen LogP contribution < -0.4 is 0 Å². The molecule has 0 radical (unpaired) electrons. The van der Waals surface area contributed by atoms with Crippen molar-refractivity contribution in [1.82, 2.24) is 0 Å². The maximum Gasteiger partial charge on any atom is 0.316 e. The summed E-state index contributed by atoms with van der Waals surface area (Å²) in [6, 6.07) is 10.4. The van der Waals surface area contributed by atoms with Gasteiger partial charge < -0.3 is 5.11 Å². The van der Waals surface area contributed by atoms with E-state index in [0.29, 0.717) is 6.61 Å². The van der Waals surface area contributed by atoms with E-state index in [2.05, 4.69) is 12.1 Å². The van der Waals surface area contributed by atoms with Gasteiger partial charge in [-0.15, -0.1) is 0 Å². The molecule has 0 aliphatic rings. The summed E-state index contributed by atoms with van der Waals surface area (Å²) < 4.78 is 0. The molecule has 0 fully saturated rings. The van der Waals surface area contributed by atoms with E-state index in [-0.39, 0.29) is 23.1 Å². The molecule has 0 aromatic heterocycles. The minimum Gasteiger partial charge on any atom is -0.396 e. The predicted octanol–water partition coefficient (Wildman–Crippen LogP) is 1.09. The highest BCUT2D eigenvalue weighted by molar-refractivity contribution is 5.75. The Kier molecular flexibility index (Phi) is 7.55. The van der Waals surface area contributed by atoms with Crippen molar-refractivity contribution >= 4 is 23.1 Å². The Bertz CT molecular complexity index is 186. The lowest BCUT2D eigenvalue weighted by atomic mass is 10.1. The first-order valence-corrected chi connectivity index (χ1v) is 4.08. The monoisotopic (exact) mass is 176 g/mol. The highest BCUT2D eigenvalue weighted by Gasteiger charge is 1.89. The first-order chi connectivity index (χ1) is 5.43. The maximum absolute atomic E-state index is 8.54. The van der Waals surface area contributed by atoms with E-state index in [1.54, 1.807) is 0 Å². The Morgan fingerprint density at radius 2 is 1.67 bits per heavy atom. The molecule has 0 atom stereocenters. The predicted molar refractivity (Wildman–Crippen MR) is 55.0 cm³/mol. The van der Waals surface area contributed by atoms with Crippen LogP contribution in [0.4, 0.5) is 0 Å². The highest BCUT2D eigenvalue weighted by atomic mass is 24.3. The molecule has 0 heterocycles. The zero-order valence-electron chi connectivity index (χ0n) is 6.66. The Hall–Kier alpha value is -0.0538. The van der Waals surface area contributed by atoms with Crippen molar-refractivity contribution in [1.29, 1.82) is 0 Å². The molecular formula is C10H16MgO. The highest BCUT2D eigenvalue weighted by Crippen LogP contribution is 2.03. The quantitative estimate of drug-likeness (QED) is 0.538. The van der Waals surface area contributed by atoms with Crippen LogP contribution in [0.2, 0.25) is 0 Å². The topological polar surface area (TPSA) is 20.2 Å². The number of hydrogen-bond donors (Lipinski definition) is 1. The fourth-order valence-corrected chi connectivity index (χ4v) is 1.09. The lowest BCUT2D eigenvalue weighted by molar-refractivity contribution is 0.284. The molecule has 64 valence electrons. The van der Waals surface area contributed by atoms with Crippen molar-refractivity contribution in [2.24, 2.45) is 0 Å². The van der Waals surface area contributed by atoms with Crippen LogP contribution in [-0.4, -0.2) is 34.8 Å². The molecule has 0 spiro atoms. The number of aliphatic hydroxyl groups excluding tert-OH is 1. The summed E-state index contributed by atoms with van der Waals surface area (Å²) in [7, 11) is 0.